The maximum atomic E-state index is 11.8. The van der Waals surface area contributed by atoms with Crippen molar-refractivity contribution in [3.63, 3.8) is 0 Å². The quantitative estimate of drug-likeness (QED) is 0.683. The molecular weight excluding hydrogens is 302 g/mol. The van der Waals surface area contributed by atoms with Crippen molar-refractivity contribution in [3.05, 3.63) is 87.8 Å². The average Bonchev–Trinajstić information content (AvgIpc) is 2.64. The molecule has 1 aromatic heterocycles. The van der Waals surface area contributed by atoms with E-state index in [-0.39, 0.29) is 5.75 Å². The van der Waals surface area contributed by atoms with E-state index in [1.54, 1.807) is 48.5 Å². The lowest BCUT2D eigenvalue weighted by molar-refractivity contribution is 0.467. The first kappa shape index (κ1) is 15.1. The van der Waals surface area contributed by atoms with Crippen molar-refractivity contribution >= 4 is 11.4 Å². The van der Waals surface area contributed by atoms with Crippen LogP contribution in [0.4, 0.5) is 11.4 Å². The molecule has 0 radical (unpaired) electrons. The predicted molar refractivity (Wildman–Crippen MR) is 92.1 cm³/mol. The van der Waals surface area contributed by atoms with Crippen LogP contribution >= 0.6 is 0 Å². The first-order valence-electron chi connectivity index (χ1n) is 7.04. The van der Waals surface area contributed by atoms with Crippen LogP contribution in [-0.2, 0) is 0 Å². The first-order chi connectivity index (χ1) is 11.6. The normalized spacial score (nSPS) is 9.92. The number of nitrogens with zero attached hydrogens (tertiary/aromatic N) is 2. The fourth-order valence-corrected chi connectivity index (χ4v) is 2.39. The van der Waals surface area contributed by atoms with Gasteiger partial charge in [0.15, 0.2) is 17.1 Å². The minimum absolute atomic E-state index is 0.374. The third kappa shape index (κ3) is 2.75. The number of aromatic amines is 1. The molecule has 0 aliphatic rings. The van der Waals surface area contributed by atoms with Crippen LogP contribution in [0.2, 0.25) is 0 Å². The Balaban J connectivity index is 2.21. The highest BCUT2D eigenvalue weighted by Gasteiger charge is 2.12. The zero-order chi connectivity index (χ0) is 17.1. The van der Waals surface area contributed by atoms with Gasteiger partial charge in [-0.2, -0.15) is 0 Å². The smallest absolute Gasteiger partial charge is 0.290 e. The molecule has 3 aromatic rings. The van der Waals surface area contributed by atoms with Gasteiger partial charge in [0.2, 0.25) is 0 Å². The Morgan fingerprint density at radius 2 is 1.33 bits per heavy atom. The second-order valence-electron chi connectivity index (χ2n) is 5.09. The van der Waals surface area contributed by atoms with Crippen LogP contribution in [0.1, 0.15) is 0 Å². The molecule has 114 valence electrons. The molecule has 0 bridgehead atoms. The molecular formula is C19H11N3O2. The number of hydrogen-bond acceptors (Lipinski definition) is 2. The van der Waals surface area contributed by atoms with Crippen LogP contribution in [0.5, 0.6) is 5.75 Å². The molecule has 0 saturated carbocycles. The zero-order valence-electron chi connectivity index (χ0n) is 12.4. The maximum absolute atomic E-state index is 11.8. The van der Waals surface area contributed by atoms with Crippen LogP contribution in [0.25, 0.3) is 32.1 Å². The third-order valence-corrected chi connectivity index (χ3v) is 3.61. The Morgan fingerprint density at radius 1 is 0.833 bits per heavy atom. The van der Waals surface area contributed by atoms with Crippen molar-refractivity contribution < 1.29 is 5.11 Å². The average molecular weight is 313 g/mol. The van der Waals surface area contributed by atoms with Gasteiger partial charge in [-0.25, -0.2) is 9.69 Å². The van der Waals surface area contributed by atoms with Crippen LogP contribution in [0.15, 0.2) is 59.4 Å². The first-order valence-corrected chi connectivity index (χ1v) is 7.04. The summed E-state index contributed by atoms with van der Waals surface area (Å²) >= 11 is 0. The number of aromatic hydroxyl groups is 1. The molecule has 0 aliphatic heterocycles. The molecule has 0 unspecified atom stereocenters. The van der Waals surface area contributed by atoms with Gasteiger partial charge < -0.3 is 10.1 Å². The van der Waals surface area contributed by atoms with Crippen molar-refractivity contribution in [1.29, 1.82) is 0 Å². The highest BCUT2D eigenvalue weighted by molar-refractivity contribution is 5.82. The number of benzene rings is 2. The van der Waals surface area contributed by atoms with E-state index in [4.69, 9.17) is 13.1 Å². The van der Waals surface area contributed by atoms with Gasteiger partial charge >= 0.3 is 0 Å². The van der Waals surface area contributed by atoms with E-state index in [1.807, 2.05) is 0 Å². The molecule has 0 saturated heterocycles. The Hall–Kier alpha value is -3.83. The van der Waals surface area contributed by atoms with Gasteiger partial charge in [-0.1, -0.05) is 48.5 Å². The summed E-state index contributed by atoms with van der Waals surface area (Å²) in [5.74, 6) is -0.374. The summed E-state index contributed by atoms with van der Waals surface area (Å²) in [6.07, 6.45) is 0. The van der Waals surface area contributed by atoms with Gasteiger partial charge in [-0.15, -0.1) is 0 Å². The molecule has 0 spiro atoms. The number of rotatable bonds is 2. The van der Waals surface area contributed by atoms with E-state index >= 15 is 0 Å². The van der Waals surface area contributed by atoms with Crippen LogP contribution < -0.4 is 5.56 Å². The Bertz CT molecular complexity index is 1030. The van der Waals surface area contributed by atoms with E-state index in [0.29, 0.717) is 22.6 Å². The minimum atomic E-state index is -0.583. The number of nitrogens with one attached hydrogen (secondary N) is 1. The van der Waals surface area contributed by atoms with Gasteiger partial charge in [0.1, 0.15) is 0 Å². The molecule has 3 rings (SSSR count). The van der Waals surface area contributed by atoms with Gasteiger partial charge in [0.05, 0.1) is 18.8 Å². The monoisotopic (exact) mass is 313 g/mol. The van der Waals surface area contributed by atoms with Gasteiger partial charge in [-0.05, 0) is 17.2 Å². The second kappa shape index (κ2) is 6.12. The van der Waals surface area contributed by atoms with E-state index < -0.39 is 5.56 Å². The molecule has 0 aliphatic carbocycles. The summed E-state index contributed by atoms with van der Waals surface area (Å²) in [6, 6.07) is 15.1. The minimum Gasteiger partial charge on any atom is -0.503 e. The molecule has 24 heavy (non-hydrogen) atoms. The molecule has 1 heterocycles. The summed E-state index contributed by atoms with van der Waals surface area (Å²) in [4.78, 5) is 21.2. The Labute approximate surface area is 138 Å². The second-order valence-corrected chi connectivity index (χ2v) is 5.09. The summed E-state index contributed by atoms with van der Waals surface area (Å²) < 4.78 is 0. The largest absolute Gasteiger partial charge is 0.503 e. The van der Waals surface area contributed by atoms with Gasteiger partial charge in [0.25, 0.3) is 5.56 Å². The number of hydrogen-bond donors (Lipinski definition) is 2. The highest BCUT2D eigenvalue weighted by Crippen LogP contribution is 2.33. The van der Waals surface area contributed by atoms with Crippen molar-refractivity contribution in [1.82, 2.24) is 4.98 Å². The van der Waals surface area contributed by atoms with Crippen LogP contribution in [0, 0.1) is 13.1 Å². The topological polar surface area (TPSA) is 61.8 Å². The Morgan fingerprint density at radius 3 is 1.83 bits per heavy atom. The molecule has 5 nitrogen and oxygen atoms in total. The molecule has 0 fully saturated rings. The fourth-order valence-electron chi connectivity index (χ4n) is 2.39. The lowest BCUT2D eigenvalue weighted by Gasteiger charge is -2.11. The van der Waals surface area contributed by atoms with Crippen molar-refractivity contribution in [2.24, 2.45) is 0 Å². The van der Waals surface area contributed by atoms with Crippen molar-refractivity contribution in [2.75, 3.05) is 0 Å². The molecule has 2 N–H and O–H groups in total. The van der Waals surface area contributed by atoms with Crippen molar-refractivity contribution in [3.8, 4) is 28.1 Å². The summed E-state index contributed by atoms with van der Waals surface area (Å²) in [5, 5.41) is 9.78. The fraction of sp³-hybridized carbons (Fsp3) is 0. The number of pyridine rings is 1. The van der Waals surface area contributed by atoms with E-state index in [2.05, 4.69) is 14.7 Å². The third-order valence-electron chi connectivity index (χ3n) is 3.61. The van der Waals surface area contributed by atoms with E-state index in [1.165, 1.54) is 6.07 Å². The lowest BCUT2D eigenvalue weighted by Crippen LogP contribution is -2.07. The van der Waals surface area contributed by atoms with Crippen LogP contribution in [0.3, 0.4) is 0 Å². The summed E-state index contributed by atoms with van der Waals surface area (Å²) in [5.41, 5.74) is 3.10. The molecule has 5 heteroatoms. The standard InChI is InChI=1S/C19H11N3O2/c1-20-14-7-3-12(4-8-14)16-11-17(23)19(24)22-18(16)13-5-9-15(21-2)10-6-13/h3-11,23H,(H,22,24). The van der Waals surface area contributed by atoms with E-state index in [0.717, 1.165) is 11.1 Å². The zero-order valence-corrected chi connectivity index (χ0v) is 12.4. The SMILES string of the molecule is [C-]#[N+]c1ccc(-c2cc(O)c(=O)[nH]c2-c2ccc([N+]#[C-])cc2)cc1. The van der Waals surface area contributed by atoms with Gasteiger partial charge in [-0.3, -0.25) is 4.79 Å². The molecule has 2 aromatic carbocycles. The molecule has 0 atom stereocenters. The summed E-state index contributed by atoms with van der Waals surface area (Å²) in [7, 11) is 0. The molecule has 0 amide bonds. The van der Waals surface area contributed by atoms with Gasteiger partial charge in [0, 0.05) is 5.56 Å². The highest BCUT2D eigenvalue weighted by atomic mass is 16.3. The number of aromatic nitrogens is 1. The van der Waals surface area contributed by atoms with Crippen molar-refractivity contribution in [2.45, 2.75) is 0 Å². The van der Waals surface area contributed by atoms with Crippen LogP contribution in [-0.4, -0.2) is 10.1 Å². The summed E-state index contributed by atoms with van der Waals surface area (Å²) in [6.45, 7) is 14.0. The predicted octanol–water partition coefficient (Wildman–Crippen LogP) is 4.52. The lowest BCUT2D eigenvalue weighted by atomic mass is 9.99. The van der Waals surface area contributed by atoms with E-state index in [9.17, 15) is 9.90 Å². The number of H-pyrrole nitrogens is 1. The maximum Gasteiger partial charge on any atom is 0.290 e. The Kier molecular flexibility index (Phi) is 3.84.